The minimum absolute atomic E-state index is 0.185. The molecule has 1 aliphatic heterocycles. The van der Waals surface area contributed by atoms with Crippen molar-refractivity contribution in [1.82, 2.24) is 9.61 Å². The summed E-state index contributed by atoms with van der Waals surface area (Å²) in [6.07, 6.45) is 5.77. The van der Waals surface area contributed by atoms with Crippen LogP contribution in [0.25, 0.3) is 11.1 Å². The highest BCUT2D eigenvalue weighted by Gasteiger charge is 2.20. The average Bonchev–Trinajstić information content (AvgIpc) is 2.97. The fraction of sp³-hybridized carbons (Fsp3) is 0.357. The molecule has 3 rings (SSSR count). The van der Waals surface area contributed by atoms with Crippen molar-refractivity contribution in [2.75, 3.05) is 18.0 Å². The first kappa shape index (κ1) is 11.3. The fourth-order valence-corrected chi connectivity index (χ4v) is 2.54. The maximum atomic E-state index is 14.6. The van der Waals surface area contributed by atoms with Crippen molar-refractivity contribution >= 4 is 16.8 Å². The van der Waals surface area contributed by atoms with Gasteiger partial charge in [0.2, 0.25) is 0 Å². The topological polar surface area (TPSA) is 20.5 Å². The molecule has 0 aliphatic carbocycles. The molecule has 0 radical (unpaired) electrons. The van der Waals surface area contributed by atoms with Crippen molar-refractivity contribution in [1.29, 1.82) is 0 Å². The first-order valence-electron chi connectivity index (χ1n) is 6.25. The van der Waals surface area contributed by atoms with E-state index in [9.17, 15) is 4.39 Å². The van der Waals surface area contributed by atoms with E-state index in [0.29, 0.717) is 11.2 Å². The number of pyridine rings is 1. The van der Waals surface area contributed by atoms with Crippen LogP contribution in [0, 0.1) is 5.82 Å². The Hall–Kier alpha value is -1.84. The maximum absolute atomic E-state index is 14.6. The van der Waals surface area contributed by atoms with Gasteiger partial charge in [0.15, 0.2) is 5.82 Å². The Kier molecular flexibility index (Phi) is 2.58. The molecule has 0 N–H and O–H groups in total. The maximum Gasteiger partial charge on any atom is 0.172 e. The summed E-state index contributed by atoms with van der Waals surface area (Å²) in [7, 11) is 0. The molecule has 0 saturated carbocycles. The van der Waals surface area contributed by atoms with Gasteiger partial charge in [-0.3, -0.25) is 0 Å². The molecule has 1 fully saturated rings. The van der Waals surface area contributed by atoms with Crippen LogP contribution in [0.2, 0.25) is 0 Å². The van der Waals surface area contributed by atoms with E-state index in [0.717, 1.165) is 37.1 Å². The minimum atomic E-state index is -0.185. The van der Waals surface area contributed by atoms with Crippen LogP contribution in [-0.2, 0) is 0 Å². The summed E-state index contributed by atoms with van der Waals surface area (Å²) in [4.78, 5) is 2.10. The van der Waals surface area contributed by atoms with Gasteiger partial charge in [-0.25, -0.2) is 8.91 Å². The second-order valence-electron chi connectivity index (χ2n) is 4.84. The van der Waals surface area contributed by atoms with Gasteiger partial charge in [-0.15, -0.1) is 0 Å². The summed E-state index contributed by atoms with van der Waals surface area (Å²) >= 11 is 0. The molecule has 0 atom stereocenters. The van der Waals surface area contributed by atoms with Crippen molar-refractivity contribution in [2.24, 2.45) is 0 Å². The first-order valence-corrected chi connectivity index (χ1v) is 6.25. The quantitative estimate of drug-likeness (QED) is 0.810. The molecule has 2 aromatic rings. The zero-order valence-corrected chi connectivity index (χ0v) is 10.5. The van der Waals surface area contributed by atoms with Crippen molar-refractivity contribution < 1.29 is 4.39 Å². The van der Waals surface area contributed by atoms with Crippen molar-refractivity contribution in [3.8, 4) is 0 Å². The molecular weight excluding hydrogens is 229 g/mol. The van der Waals surface area contributed by atoms with Crippen LogP contribution < -0.4 is 4.90 Å². The lowest BCUT2D eigenvalue weighted by Crippen LogP contribution is -2.19. The lowest BCUT2D eigenvalue weighted by Gasteiger charge is -2.18. The smallest absolute Gasteiger partial charge is 0.172 e. The van der Waals surface area contributed by atoms with Crippen LogP contribution in [0.5, 0.6) is 0 Å². The summed E-state index contributed by atoms with van der Waals surface area (Å²) in [5, 5.41) is 4.17. The van der Waals surface area contributed by atoms with Gasteiger partial charge in [-0.2, -0.15) is 5.10 Å². The molecule has 0 spiro atoms. The van der Waals surface area contributed by atoms with E-state index in [1.54, 1.807) is 10.7 Å². The molecule has 18 heavy (non-hydrogen) atoms. The number of halogens is 1. The SMILES string of the molecule is C=C(C)c1cnn2ccc(N3CCCC3)c(F)c12. The van der Waals surface area contributed by atoms with Gasteiger partial charge in [0.1, 0.15) is 5.52 Å². The van der Waals surface area contributed by atoms with E-state index in [-0.39, 0.29) is 5.82 Å². The fourth-order valence-electron chi connectivity index (χ4n) is 2.54. The van der Waals surface area contributed by atoms with Crippen LogP contribution in [0.4, 0.5) is 10.1 Å². The summed E-state index contributed by atoms with van der Waals surface area (Å²) in [6, 6.07) is 1.81. The second-order valence-corrected chi connectivity index (χ2v) is 4.84. The highest BCUT2D eigenvalue weighted by Crippen LogP contribution is 2.29. The van der Waals surface area contributed by atoms with Crippen LogP contribution in [-0.4, -0.2) is 22.7 Å². The highest BCUT2D eigenvalue weighted by atomic mass is 19.1. The van der Waals surface area contributed by atoms with Crippen LogP contribution in [0.1, 0.15) is 25.3 Å². The third-order valence-electron chi connectivity index (χ3n) is 3.51. The molecule has 3 heterocycles. The molecule has 0 aromatic carbocycles. The molecule has 1 saturated heterocycles. The number of allylic oxidation sites excluding steroid dienone is 1. The van der Waals surface area contributed by atoms with Gasteiger partial charge in [-0.05, 0) is 31.4 Å². The molecule has 94 valence electrons. The molecule has 2 aromatic heterocycles. The Bertz CT molecular complexity index is 609. The number of anilines is 1. The van der Waals surface area contributed by atoms with Crippen LogP contribution >= 0.6 is 0 Å². The number of hydrogen-bond donors (Lipinski definition) is 0. The molecule has 0 bridgehead atoms. The Morgan fingerprint density at radius 1 is 1.39 bits per heavy atom. The molecular formula is C14H16FN3. The number of aromatic nitrogens is 2. The van der Waals surface area contributed by atoms with Crippen molar-refractivity contribution in [3.05, 3.63) is 36.4 Å². The number of fused-ring (bicyclic) bond motifs is 1. The Morgan fingerprint density at radius 2 is 2.11 bits per heavy atom. The zero-order valence-electron chi connectivity index (χ0n) is 10.5. The van der Waals surface area contributed by atoms with Gasteiger partial charge in [0.25, 0.3) is 0 Å². The monoisotopic (exact) mass is 245 g/mol. The lowest BCUT2D eigenvalue weighted by atomic mass is 10.1. The van der Waals surface area contributed by atoms with E-state index in [1.807, 2.05) is 19.2 Å². The molecule has 4 heteroatoms. The third kappa shape index (κ3) is 1.60. The molecule has 3 nitrogen and oxygen atoms in total. The first-order chi connectivity index (χ1) is 8.68. The van der Waals surface area contributed by atoms with Gasteiger partial charge in [-0.1, -0.05) is 6.58 Å². The van der Waals surface area contributed by atoms with Gasteiger partial charge in [0.05, 0.1) is 11.9 Å². The average molecular weight is 245 g/mol. The lowest BCUT2D eigenvalue weighted by molar-refractivity contribution is 0.625. The summed E-state index contributed by atoms with van der Waals surface area (Å²) < 4.78 is 16.2. The standard InChI is InChI=1S/C14H16FN3/c1-10(2)11-9-16-18-8-5-12(13(15)14(11)18)17-6-3-4-7-17/h5,8-9H,1,3-4,6-7H2,2H3. The zero-order chi connectivity index (χ0) is 12.7. The largest absolute Gasteiger partial charge is 0.369 e. The predicted molar refractivity (Wildman–Crippen MR) is 71.3 cm³/mol. The number of hydrogen-bond acceptors (Lipinski definition) is 2. The summed E-state index contributed by atoms with van der Waals surface area (Å²) in [6.45, 7) is 7.62. The molecule has 0 unspecified atom stereocenters. The molecule has 0 amide bonds. The van der Waals surface area contributed by atoms with Crippen LogP contribution in [0.3, 0.4) is 0 Å². The number of rotatable bonds is 2. The summed E-state index contributed by atoms with van der Waals surface area (Å²) in [5.41, 5.74) is 2.84. The molecule has 1 aliphatic rings. The summed E-state index contributed by atoms with van der Waals surface area (Å²) in [5.74, 6) is -0.185. The van der Waals surface area contributed by atoms with Gasteiger partial charge >= 0.3 is 0 Å². The van der Waals surface area contributed by atoms with Gasteiger partial charge < -0.3 is 4.90 Å². The minimum Gasteiger partial charge on any atom is -0.369 e. The van der Waals surface area contributed by atoms with E-state index in [2.05, 4.69) is 16.6 Å². The van der Waals surface area contributed by atoms with E-state index in [4.69, 9.17) is 0 Å². The van der Waals surface area contributed by atoms with E-state index in [1.165, 1.54) is 0 Å². The third-order valence-corrected chi connectivity index (χ3v) is 3.51. The predicted octanol–water partition coefficient (Wildman–Crippen LogP) is 3.11. The van der Waals surface area contributed by atoms with Gasteiger partial charge in [0, 0.05) is 24.8 Å². The Morgan fingerprint density at radius 3 is 2.78 bits per heavy atom. The van der Waals surface area contributed by atoms with Crippen molar-refractivity contribution in [2.45, 2.75) is 19.8 Å². The Balaban J connectivity index is 2.20. The number of nitrogens with zero attached hydrogens (tertiary/aromatic N) is 3. The van der Waals surface area contributed by atoms with E-state index >= 15 is 0 Å². The van der Waals surface area contributed by atoms with Crippen molar-refractivity contribution in [3.63, 3.8) is 0 Å². The Labute approximate surface area is 106 Å². The second kappa shape index (κ2) is 4.12. The normalized spacial score (nSPS) is 15.6. The van der Waals surface area contributed by atoms with Crippen LogP contribution in [0.15, 0.2) is 25.0 Å². The van der Waals surface area contributed by atoms with E-state index < -0.39 is 0 Å². The highest BCUT2D eigenvalue weighted by molar-refractivity contribution is 5.78.